The van der Waals surface area contributed by atoms with Crippen molar-refractivity contribution in [2.24, 2.45) is 5.73 Å². The van der Waals surface area contributed by atoms with E-state index in [2.05, 4.69) is 31.3 Å². The molecule has 0 unspecified atom stereocenters. The number of thiocarbonyl (C=S) groups is 1. The second-order valence-corrected chi connectivity index (χ2v) is 5.58. The third-order valence-corrected chi connectivity index (χ3v) is 3.56. The van der Waals surface area contributed by atoms with Gasteiger partial charge in [0.25, 0.3) is 0 Å². The molecule has 0 aromatic heterocycles. The van der Waals surface area contributed by atoms with Gasteiger partial charge in [0.1, 0.15) is 10.7 Å². The number of rotatable bonds is 5. The number of benzene rings is 2. The molecule has 0 heterocycles. The Morgan fingerprint density at radius 2 is 1.86 bits per heavy atom. The Hall–Kier alpha value is -2.07. The van der Waals surface area contributed by atoms with Gasteiger partial charge in [0.2, 0.25) is 0 Å². The lowest BCUT2D eigenvalue weighted by Crippen LogP contribution is -2.12. The molecule has 3 N–H and O–H groups in total. The monoisotopic (exact) mass is 300 g/mol. The van der Waals surface area contributed by atoms with Crippen molar-refractivity contribution in [3.05, 3.63) is 53.6 Å². The first kappa shape index (κ1) is 15.3. The van der Waals surface area contributed by atoms with E-state index in [4.69, 9.17) is 22.7 Å². The minimum Gasteiger partial charge on any atom is -0.497 e. The lowest BCUT2D eigenvalue weighted by Gasteiger charge is -2.17. The van der Waals surface area contributed by atoms with Crippen LogP contribution >= 0.6 is 12.2 Å². The van der Waals surface area contributed by atoms with Crippen LogP contribution in [-0.4, -0.2) is 12.1 Å². The zero-order valence-electron chi connectivity index (χ0n) is 12.5. The van der Waals surface area contributed by atoms with Crippen LogP contribution in [0.4, 0.5) is 11.4 Å². The van der Waals surface area contributed by atoms with Crippen molar-refractivity contribution in [1.82, 2.24) is 0 Å². The highest BCUT2D eigenvalue weighted by atomic mass is 32.1. The van der Waals surface area contributed by atoms with Crippen molar-refractivity contribution in [2.45, 2.75) is 19.8 Å². The van der Waals surface area contributed by atoms with Crippen LogP contribution in [0.1, 0.15) is 30.9 Å². The molecule has 0 aliphatic rings. The summed E-state index contributed by atoms with van der Waals surface area (Å²) < 4.78 is 5.28. The van der Waals surface area contributed by atoms with E-state index < -0.39 is 0 Å². The number of methoxy groups -OCH3 is 1. The Labute approximate surface area is 131 Å². The molecule has 0 aliphatic heterocycles. The number of anilines is 2. The molecular formula is C17H20N2OS. The molecule has 110 valence electrons. The SMILES string of the molecule is COc1ccc(C(N)=S)c(Nc2ccccc2C(C)C)c1. The number of nitrogens with one attached hydrogen (secondary N) is 1. The van der Waals surface area contributed by atoms with Crippen LogP contribution in [0.2, 0.25) is 0 Å². The average molecular weight is 300 g/mol. The molecule has 0 atom stereocenters. The van der Waals surface area contributed by atoms with E-state index in [9.17, 15) is 0 Å². The Balaban J connectivity index is 2.45. The first-order chi connectivity index (χ1) is 10.0. The standard InChI is InChI=1S/C17H20N2OS/c1-11(2)13-6-4-5-7-15(13)19-16-10-12(20-3)8-9-14(16)17(18)21/h4-11,19H,1-3H3,(H2,18,21). The summed E-state index contributed by atoms with van der Waals surface area (Å²) in [5, 5.41) is 3.43. The van der Waals surface area contributed by atoms with Crippen molar-refractivity contribution in [3.8, 4) is 5.75 Å². The molecule has 3 nitrogen and oxygen atoms in total. The van der Waals surface area contributed by atoms with Crippen molar-refractivity contribution in [2.75, 3.05) is 12.4 Å². The van der Waals surface area contributed by atoms with Crippen LogP contribution in [0, 0.1) is 0 Å². The number of hydrogen-bond acceptors (Lipinski definition) is 3. The van der Waals surface area contributed by atoms with Gasteiger partial charge in [-0.05, 0) is 29.7 Å². The van der Waals surface area contributed by atoms with Gasteiger partial charge in [-0.2, -0.15) is 0 Å². The van der Waals surface area contributed by atoms with Crippen LogP contribution in [0.25, 0.3) is 0 Å². The highest BCUT2D eigenvalue weighted by Gasteiger charge is 2.11. The number of para-hydroxylation sites is 1. The van der Waals surface area contributed by atoms with Gasteiger partial charge in [-0.15, -0.1) is 0 Å². The third kappa shape index (κ3) is 3.52. The Bertz CT molecular complexity index is 653. The summed E-state index contributed by atoms with van der Waals surface area (Å²) in [5.41, 5.74) is 9.77. The fourth-order valence-electron chi connectivity index (χ4n) is 2.23. The molecule has 0 saturated carbocycles. The maximum Gasteiger partial charge on any atom is 0.120 e. The molecule has 0 bridgehead atoms. The lowest BCUT2D eigenvalue weighted by atomic mass is 10.0. The highest BCUT2D eigenvalue weighted by molar-refractivity contribution is 7.80. The van der Waals surface area contributed by atoms with Gasteiger partial charge in [0.05, 0.1) is 12.8 Å². The number of nitrogens with two attached hydrogens (primary N) is 1. The fourth-order valence-corrected chi connectivity index (χ4v) is 2.41. The van der Waals surface area contributed by atoms with Gasteiger partial charge in [0.15, 0.2) is 0 Å². The topological polar surface area (TPSA) is 47.3 Å². The molecule has 21 heavy (non-hydrogen) atoms. The maximum absolute atomic E-state index is 5.81. The van der Waals surface area contributed by atoms with Crippen LogP contribution in [0.15, 0.2) is 42.5 Å². The van der Waals surface area contributed by atoms with Crippen molar-refractivity contribution >= 4 is 28.6 Å². The fraction of sp³-hybridized carbons (Fsp3) is 0.235. The quantitative estimate of drug-likeness (QED) is 0.813. The van der Waals surface area contributed by atoms with Gasteiger partial charge in [-0.25, -0.2) is 0 Å². The number of ether oxygens (including phenoxy) is 1. The maximum atomic E-state index is 5.81. The first-order valence-corrected chi connectivity index (χ1v) is 7.27. The van der Waals surface area contributed by atoms with E-state index in [0.717, 1.165) is 22.7 Å². The van der Waals surface area contributed by atoms with E-state index in [0.29, 0.717) is 10.9 Å². The Morgan fingerprint density at radius 3 is 2.48 bits per heavy atom. The van der Waals surface area contributed by atoms with Gasteiger partial charge < -0.3 is 15.8 Å². The normalized spacial score (nSPS) is 10.5. The molecule has 2 aromatic rings. The second-order valence-electron chi connectivity index (χ2n) is 5.14. The highest BCUT2D eigenvalue weighted by Crippen LogP contribution is 2.30. The molecule has 0 fully saturated rings. The van der Waals surface area contributed by atoms with Crippen LogP contribution < -0.4 is 15.8 Å². The molecule has 0 radical (unpaired) electrons. The van der Waals surface area contributed by atoms with Crippen LogP contribution in [-0.2, 0) is 0 Å². The predicted octanol–water partition coefficient (Wildman–Crippen LogP) is 4.20. The molecule has 0 aliphatic carbocycles. The molecule has 2 aromatic carbocycles. The van der Waals surface area contributed by atoms with E-state index >= 15 is 0 Å². The average Bonchev–Trinajstić information content (AvgIpc) is 2.47. The second kappa shape index (κ2) is 6.59. The van der Waals surface area contributed by atoms with Crippen LogP contribution in [0.3, 0.4) is 0 Å². The Morgan fingerprint density at radius 1 is 1.14 bits per heavy atom. The summed E-state index contributed by atoms with van der Waals surface area (Å²) >= 11 is 5.13. The van der Waals surface area contributed by atoms with E-state index in [-0.39, 0.29) is 0 Å². The van der Waals surface area contributed by atoms with E-state index in [1.807, 2.05) is 30.3 Å². The van der Waals surface area contributed by atoms with Crippen molar-refractivity contribution < 1.29 is 4.74 Å². The molecule has 0 amide bonds. The summed E-state index contributed by atoms with van der Waals surface area (Å²) in [6, 6.07) is 13.9. The summed E-state index contributed by atoms with van der Waals surface area (Å²) in [5.74, 6) is 1.19. The summed E-state index contributed by atoms with van der Waals surface area (Å²) in [4.78, 5) is 0.363. The van der Waals surface area contributed by atoms with E-state index in [1.165, 1.54) is 5.56 Å². The molecule has 2 rings (SSSR count). The Kier molecular flexibility index (Phi) is 4.81. The molecular weight excluding hydrogens is 280 g/mol. The minimum atomic E-state index is 0.363. The van der Waals surface area contributed by atoms with Gasteiger partial charge in [-0.3, -0.25) is 0 Å². The van der Waals surface area contributed by atoms with Crippen LogP contribution in [0.5, 0.6) is 5.75 Å². The molecule has 4 heteroatoms. The predicted molar refractivity (Wildman–Crippen MR) is 92.7 cm³/mol. The minimum absolute atomic E-state index is 0.363. The third-order valence-electron chi connectivity index (χ3n) is 3.34. The summed E-state index contributed by atoms with van der Waals surface area (Å²) in [7, 11) is 1.64. The summed E-state index contributed by atoms with van der Waals surface area (Å²) in [6.07, 6.45) is 0. The van der Waals surface area contributed by atoms with Crippen molar-refractivity contribution in [3.63, 3.8) is 0 Å². The zero-order valence-corrected chi connectivity index (χ0v) is 13.3. The molecule has 0 saturated heterocycles. The smallest absolute Gasteiger partial charge is 0.120 e. The first-order valence-electron chi connectivity index (χ1n) is 6.86. The lowest BCUT2D eigenvalue weighted by molar-refractivity contribution is 0.415. The largest absolute Gasteiger partial charge is 0.497 e. The summed E-state index contributed by atoms with van der Waals surface area (Å²) in [6.45, 7) is 4.33. The van der Waals surface area contributed by atoms with Gasteiger partial charge in [-0.1, -0.05) is 44.3 Å². The van der Waals surface area contributed by atoms with E-state index in [1.54, 1.807) is 7.11 Å². The van der Waals surface area contributed by atoms with Gasteiger partial charge in [0, 0.05) is 17.3 Å². The number of hydrogen-bond donors (Lipinski definition) is 2. The van der Waals surface area contributed by atoms with Crippen molar-refractivity contribution in [1.29, 1.82) is 0 Å². The zero-order chi connectivity index (χ0) is 15.4. The molecule has 0 spiro atoms. The van der Waals surface area contributed by atoms with Gasteiger partial charge >= 0.3 is 0 Å².